The third-order valence-corrected chi connectivity index (χ3v) is 4.77. The standard InChI is InChI=1S/C15H24N4O3/c1-10-7-5-6-8-13(10)17(4)14(20)9-18-12(3)15(19(21)22)11(2)16-18/h10,13H,5-9H2,1-4H3. The molecule has 0 bridgehead atoms. The minimum Gasteiger partial charge on any atom is -0.341 e. The van der Waals surface area contributed by atoms with Gasteiger partial charge in [0, 0.05) is 13.1 Å². The van der Waals surface area contributed by atoms with Crippen LogP contribution in [0.25, 0.3) is 0 Å². The fourth-order valence-electron chi connectivity index (χ4n) is 3.40. The van der Waals surface area contributed by atoms with E-state index in [4.69, 9.17) is 0 Å². The molecule has 0 aromatic carbocycles. The Hall–Kier alpha value is -1.92. The zero-order chi connectivity index (χ0) is 16.4. The van der Waals surface area contributed by atoms with Gasteiger partial charge in [0.2, 0.25) is 5.91 Å². The number of aromatic nitrogens is 2. The number of nitrogens with zero attached hydrogens (tertiary/aromatic N) is 4. The summed E-state index contributed by atoms with van der Waals surface area (Å²) in [7, 11) is 1.83. The number of carbonyl (C=O) groups excluding carboxylic acids is 1. The van der Waals surface area contributed by atoms with Crippen molar-refractivity contribution in [1.82, 2.24) is 14.7 Å². The molecule has 1 amide bonds. The molecule has 0 N–H and O–H groups in total. The van der Waals surface area contributed by atoms with Crippen LogP contribution in [-0.2, 0) is 11.3 Å². The van der Waals surface area contributed by atoms with Crippen LogP contribution in [0.1, 0.15) is 44.0 Å². The molecule has 1 fully saturated rings. The molecule has 1 aliphatic carbocycles. The van der Waals surface area contributed by atoms with Gasteiger partial charge in [-0.25, -0.2) is 0 Å². The van der Waals surface area contributed by atoms with E-state index in [0.29, 0.717) is 17.3 Å². The van der Waals surface area contributed by atoms with E-state index in [1.165, 1.54) is 11.1 Å². The molecule has 7 heteroatoms. The van der Waals surface area contributed by atoms with Crippen LogP contribution in [0, 0.1) is 29.9 Å². The van der Waals surface area contributed by atoms with Crippen LogP contribution in [0.4, 0.5) is 5.69 Å². The van der Waals surface area contributed by atoms with Crippen molar-refractivity contribution in [2.24, 2.45) is 5.92 Å². The summed E-state index contributed by atoms with van der Waals surface area (Å²) < 4.78 is 1.44. The first-order chi connectivity index (χ1) is 10.3. The lowest BCUT2D eigenvalue weighted by atomic mass is 9.85. The number of likely N-dealkylation sites (N-methyl/N-ethyl adjacent to an activating group) is 1. The lowest BCUT2D eigenvalue weighted by molar-refractivity contribution is -0.386. The predicted octanol–water partition coefficient (Wildman–Crippen LogP) is 2.45. The van der Waals surface area contributed by atoms with Gasteiger partial charge in [-0.2, -0.15) is 5.10 Å². The Morgan fingerprint density at radius 1 is 1.41 bits per heavy atom. The molecular formula is C15H24N4O3. The van der Waals surface area contributed by atoms with Crippen LogP contribution >= 0.6 is 0 Å². The van der Waals surface area contributed by atoms with Gasteiger partial charge in [-0.3, -0.25) is 19.6 Å². The topological polar surface area (TPSA) is 81.3 Å². The molecule has 1 heterocycles. The number of hydrogen-bond donors (Lipinski definition) is 0. The molecule has 0 aliphatic heterocycles. The zero-order valence-corrected chi connectivity index (χ0v) is 13.7. The van der Waals surface area contributed by atoms with Gasteiger partial charge < -0.3 is 4.90 Å². The highest BCUT2D eigenvalue weighted by atomic mass is 16.6. The zero-order valence-electron chi connectivity index (χ0n) is 13.7. The minimum absolute atomic E-state index is 0.00138. The quantitative estimate of drug-likeness (QED) is 0.632. The van der Waals surface area contributed by atoms with E-state index in [1.54, 1.807) is 18.7 Å². The van der Waals surface area contributed by atoms with E-state index in [1.807, 2.05) is 7.05 Å². The highest BCUT2D eigenvalue weighted by Gasteiger charge is 2.29. The van der Waals surface area contributed by atoms with Crippen LogP contribution in [-0.4, -0.2) is 38.6 Å². The number of rotatable bonds is 4. The maximum atomic E-state index is 12.5. The lowest BCUT2D eigenvalue weighted by Crippen LogP contribution is -2.44. The van der Waals surface area contributed by atoms with Gasteiger partial charge in [0.05, 0.1) is 4.92 Å². The average Bonchev–Trinajstić information content (AvgIpc) is 2.73. The predicted molar refractivity (Wildman–Crippen MR) is 82.5 cm³/mol. The smallest absolute Gasteiger partial charge is 0.312 e. The van der Waals surface area contributed by atoms with Gasteiger partial charge in [0.1, 0.15) is 17.9 Å². The van der Waals surface area contributed by atoms with Crippen LogP contribution < -0.4 is 0 Å². The minimum atomic E-state index is -0.439. The molecule has 2 atom stereocenters. The van der Waals surface area contributed by atoms with E-state index in [0.717, 1.165) is 19.3 Å². The van der Waals surface area contributed by atoms with Gasteiger partial charge >= 0.3 is 5.69 Å². The molecule has 0 radical (unpaired) electrons. The highest BCUT2D eigenvalue weighted by molar-refractivity contribution is 5.76. The Morgan fingerprint density at radius 3 is 2.59 bits per heavy atom. The molecule has 2 rings (SSSR count). The van der Waals surface area contributed by atoms with Gasteiger partial charge in [-0.05, 0) is 32.6 Å². The first-order valence-corrected chi connectivity index (χ1v) is 7.77. The van der Waals surface area contributed by atoms with E-state index in [2.05, 4.69) is 12.0 Å². The van der Waals surface area contributed by atoms with E-state index in [-0.39, 0.29) is 24.2 Å². The van der Waals surface area contributed by atoms with Crippen molar-refractivity contribution in [3.05, 3.63) is 21.5 Å². The van der Waals surface area contributed by atoms with Crippen LogP contribution in [0.5, 0.6) is 0 Å². The van der Waals surface area contributed by atoms with Crippen molar-refractivity contribution < 1.29 is 9.72 Å². The van der Waals surface area contributed by atoms with Crippen molar-refractivity contribution in [1.29, 1.82) is 0 Å². The van der Waals surface area contributed by atoms with Gasteiger partial charge in [-0.15, -0.1) is 0 Å². The molecular weight excluding hydrogens is 284 g/mol. The molecule has 1 aromatic heterocycles. The van der Waals surface area contributed by atoms with Crippen molar-refractivity contribution in [2.45, 2.75) is 59.0 Å². The van der Waals surface area contributed by atoms with E-state index < -0.39 is 4.92 Å². The molecule has 1 saturated carbocycles. The maximum Gasteiger partial charge on any atom is 0.312 e. The van der Waals surface area contributed by atoms with Gasteiger partial charge in [0.15, 0.2) is 0 Å². The summed E-state index contributed by atoms with van der Waals surface area (Å²) in [6.07, 6.45) is 4.55. The van der Waals surface area contributed by atoms with Crippen LogP contribution in [0.2, 0.25) is 0 Å². The van der Waals surface area contributed by atoms with E-state index >= 15 is 0 Å². The Morgan fingerprint density at radius 2 is 2.05 bits per heavy atom. The Labute approximate surface area is 130 Å². The fraction of sp³-hybridized carbons (Fsp3) is 0.733. The third kappa shape index (κ3) is 3.13. The number of amides is 1. The number of carbonyl (C=O) groups is 1. The first-order valence-electron chi connectivity index (χ1n) is 7.77. The van der Waals surface area contributed by atoms with Crippen LogP contribution in [0.15, 0.2) is 0 Å². The molecule has 122 valence electrons. The second-order valence-corrected chi connectivity index (χ2v) is 6.27. The first kappa shape index (κ1) is 16.5. The summed E-state index contributed by atoms with van der Waals surface area (Å²) in [6, 6.07) is 0.258. The summed E-state index contributed by atoms with van der Waals surface area (Å²) in [5.41, 5.74) is 0.784. The van der Waals surface area contributed by atoms with Crippen molar-refractivity contribution in [2.75, 3.05) is 7.05 Å². The second-order valence-electron chi connectivity index (χ2n) is 6.27. The summed E-state index contributed by atoms with van der Waals surface area (Å²) in [4.78, 5) is 24.9. The van der Waals surface area contributed by atoms with Gasteiger partial charge in [-0.1, -0.05) is 19.8 Å². The molecule has 1 aromatic rings. The summed E-state index contributed by atoms with van der Waals surface area (Å²) in [5.74, 6) is 0.455. The molecule has 2 unspecified atom stereocenters. The molecule has 1 aliphatic rings. The van der Waals surface area contributed by atoms with Crippen molar-refractivity contribution in [3.63, 3.8) is 0 Å². The Kier molecular flexibility index (Phi) is 4.83. The molecule has 0 saturated heterocycles. The normalized spacial score (nSPS) is 21.6. The van der Waals surface area contributed by atoms with E-state index in [9.17, 15) is 14.9 Å². The number of hydrogen-bond acceptors (Lipinski definition) is 4. The van der Waals surface area contributed by atoms with Gasteiger partial charge in [0.25, 0.3) is 0 Å². The second kappa shape index (κ2) is 6.46. The molecule has 7 nitrogen and oxygen atoms in total. The molecule has 0 spiro atoms. The lowest BCUT2D eigenvalue weighted by Gasteiger charge is -2.36. The maximum absolute atomic E-state index is 12.5. The summed E-state index contributed by atoms with van der Waals surface area (Å²) >= 11 is 0. The average molecular weight is 308 g/mol. The number of nitro groups is 1. The Balaban J connectivity index is 2.12. The molecule has 22 heavy (non-hydrogen) atoms. The van der Waals surface area contributed by atoms with Crippen molar-refractivity contribution >= 4 is 11.6 Å². The van der Waals surface area contributed by atoms with Crippen molar-refractivity contribution in [3.8, 4) is 0 Å². The SMILES string of the molecule is Cc1nn(CC(=O)N(C)C2CCCCC2C)c(C)c1[N+](=O)[O-]. The fourth-order valence-corrected chi connectivity index (χ4v) is 3.40. The highest BCUT2D eigenvalue weighted by Crippen LogP contribution is 2.28. The Bertz CT molecular complexity index is 582. The summed E-state index contributed by atoms with van der Waals surface area (Å²) in [5, 5.41) is 15.2. The summed E-state index contributed by atoms with van der Waals surface area (Å²) in [6.45, 7) is 5.47. The number of aryl methyl sites for hydroxylation is 1. The van der Waals surface area contributed by atoms with Crippen LogP contribution in [0.3, 0.4) is 0 Å². The monoisotopic (exact) mass is 308 g/mol. The largest absolute Gasteiger partial charge is 0.341 e. The third-order valence-electron chi connectivity index (χ3n) is 4.77.